The average Bonchev–Trinajstić information content (AvgIpc) is 2.29. The molecule has 0 aliphatic heterocycles. The van der Waals surface area contributed by atoms with Crippen molar-refractivity contribution < 1.29 is 0 Å². The highest BCUT2D eigenvalue weighted by molar-refractivity contribution is 9.10. The number of nitrogen functional groups attached to an aromatic ring is 1. The van der Waals surface area contributed by atoms with Crippen LogP contribution in [-0.4, -0.2) is 9.97 Å². The van der Waals surface area contributed by atoms with Crippen LogP contribution in [0.3, 0.4) is 0 Å². The summed E-state index contributed by atoms with van der Waals surface area (Å²) < 4.78 is 0.706. The molecule has 0 saturated carbocycles. The lowest BCUT2D eigenvalue weighted by atomic mass is 10.3. The van der Waals surface area contributed by atoms with E-state index in [2.05, 4.69) is 31.2 Å². The van der Waals surface area contributed by atoms with Crippen LogP contribution >= 0.6 is 39.1 Å². The second-order valence-electron chi connectivity index (χ2n) is 3.18. The van der Waals surface area contributed by atoms with Gasteiger partial charge in [0.05, 0.1) is 14.5 Å². The summed E-state index contributed by atoms with van der Waals surface area (Å²) in [6, 6.07) is 5.19. The number of hydrogen-bond acceptors (Lipinski definition) is 4. The average molecular weight is 334 g/mol. The molecule has 2 aromatic rings. The summed E-state index contributed by atoms with van der Waals surface area (Å²) in [6.07, 6.45) is 1.57. The fourth-order valence-electron chi connectivity index (χ4n) is 1.18. The molecule has 0 amide bonds. The van der Waals surface area contributed by atoms with E-state index in [0.717, 1.165) is 5.69 Å². The van der Waals surface area contributed by atoms with E-state index < -0.39 is 0 Å². The number of rotatable bonds is 2. The van der Waals surface area contributed by atoms with Gasteiger partial charge in [-0.15, -0.1) is 0 Å². The molecule has 3 N–H and O–H groups in total. The van der Waals surface area contributed by atoms with Crippen LogP contribution in [0.1, 0.15) is 0 Å². The van der Waals surface area contributed by atoms with Gasteiger partial charge in [0.1, 0.15) is 5.82 Å². The summed E-state index contributed by atoms with van der Waals surface area (Å²) in [7, 11) is 0. The standard InChI is InChI=1S/C10H7BrCl2N4/c11-6-4-15-10(14)17-9(6)16-5-1-2-7(12)8(13)3-5/h1-4H,(H3,14,15,16,17). The number of benzene rings is 1. The Hall–Kier alpha value is -1.04. The summed E-state index contributed by atoms with van der Waals surface area (Å²) in [4.78, 5) is 7.90. The van der Waals surface area contributed by atoms with E-state index in [9.17, 15) is 0 Å². The lowest BCUT2D eigenvalue weighted by molar-refractivity contribution is 1.17. The van der Waals surface area contributed by atoms with E-state index in [-0.39, 0.29) is 5.95 Å². The molecule has 4 nitrogen and oxygen atoms in total. The second-order valence-corrected chi connectivity index (χ2v) is 4.85. The quantitative estimate of drug-likeness (QED) is 0.875. The van der Waals surface area contributed by atoms with Crippen LogP contribution in [0.25, 0.3) is 0 Å². The molecule has 88 valence electrons. The Morgan fingerprint density at radius 1 is 1.24 bits per heavy atom. The fraction of sp³-hybridized carbons (Fsp3) is 0. The number of anilines is 3. The van der Waals surface area contributed by atoms with Gasteiger partial charge in [0.15, 0.2) is 0 Å². The highest BCUT2D eigenvalue weighted by Crippen LogP contribution is 2.28. The molecule has 17 heavy (non-hydrogen) atoms. The Morgan fingerprint density at radius 3 is 2.71 bits per heavy atom. The van der Waals surface area contributed by atoms with Crippen LogP contribution in [-0.2, 0) is 0 Å². The van der Waals surface area contributed by atoms with Gasteiger partial charge >= 0.3 is 0 Å². The maximum absolute atomic E-state index is 5.91. The molecule has 7 heteroatoms. The Kier molecular flexibility index (Phi) is 3.71. The normalized spacial score (nSPS) is 10.3. The number of nitrogens with one attached hydrogen (secondary N) is 1. The molecular formula is C10H7BrCl2N4. The Balaban J connectivity index is 2.31. The largest absolute Gasteiger partial charge is 0.368 e. The van der Waals surface area contributed by atoms with E-state index in [0.29, 0.717) is 20.3 Å². The molecule has 0 aliphatic rings. The zero-order valence-electron chi connectivity index (χ0n) is 8.42. The minimum absolute atomic E-state index is 0.191. The Morgan fingerprint density at radius 2 is 2.00 bits per heavy atom. The van der Waals surface area contributed by atoms with Crippen molar-refractivity contribution in [3.8, 4) is 0 Å². The van der Waals surface area contributed by atoms with Gasteiger partial charge in [0.25, 0.3) is 0 Å². The van der Waals surface area contributed by atoms with Crippen LogP contribution in [0.4, 0.5) is 17.5 Å². The predicted molar refractivity (Wildman–Crippen MR) is 73.9 cm³/mol. The molecule has 0 atom stereocenters. The Bertz CT molecular complexity index is 562. The van der Waals surface area contributed by atoms with Gasteiger partial charge in [0, 0.05) is 11.9 Å². The molecule has 0 saturated heterocycles. The van der Waals surface area contributed by atoms with Gasteiger partial charge in [-0.3, -0.25) is 0 Å². The summed E-state index contributed by atoms with van der Waals surface area (Å²) in [5.41, 5.74) is 6.27. The van der Waals surface area contributed by atoms with Crippen molar-refractivity contribution in [2.75, 3.05) is 11.1 Å². The first-order valence-electron chi connectivity index (χ1n) is 4.56. The van der Waals surface area contributed by atoms with Crippen LogP contribution in [0.15, 0.2) is 28.9 Å². The fourth-order valence-corrected chi connectivity index (χ4v) is 1.77. The third-order valence-corrected chi connectivity index (χ3v) is 3.26. The number of nitrogens with two attached hydrogens (primary N) is 1. The zero-order valence-corrected chi connectivity index (χ0v) is 11.5. The SMILES string of the molecule is Nc1ncc(Br)c(Nc2ccc(Cl)c(Cl)c2)n1. The van der Waals surface area contributed by atoms with E-state index >= 15 is 0 Å². The summed E-state index contributed by atoms with van der Waals surface area (Å²) in [5.74, 6) is 0.756. The summed E-state index contributed by atoms with van der Waals surface area (Å²) in [5, 5.41) is 4.03. The molecule has 0 spiro atoms. The van der Waals surface area contributed by atoms with Gasteiger partial charge in [0.2, 0.25) is 5.95 Å². The first kappa shape index (κ1) is 12.4. The molecule has 0 aliphatic carbocycles. The molecule has 1 aromatic carbocycles. The van der Waals surface area contributed by atoms with Crippen molar-refractivity contribution in [3.63, 3.8) is 0 Å². The molecule has 1 heterocycles. The van der Waals surface area contributed by atoms with E-state index in [1.807, 2.05) is 0 Å². The minimum atomic E-state index is 0.191. The van der Waals surface area contributed by atoms with Crippen LogP contribution in [0, 0.1) is 0 Å². The van der Waals surface area contributed by atoms with E-state index in [1.54, 1.807) is 24.4 Å². The minimum Gasteiger partial charge on any atom is -0.368 e. The highest BCUT2D eigenvalue weighted by atomic mass is 79.9. The summed E-state index contributed by atoms with van der Waals surface area (Å²) in [6.45, 7) is 0. The molecule has 0 unspecified atom stereocenters. The zero-order chi connectivity index (χ0) is 12.4. The van der Waals surface area contributed by atoms with Crippen LogP contribution in [0.5, 0.6) is 0 Å². The molecule has 2 rings (SSSR count). The van der Waals surface area contributed by atoms with Gasteiger partial charge in [-0.1, -0.05) is 23.2 Å². The lowest BCUT2D eigenvalue weighted by Gasteiger charge is -2.08. The monoisotopic (exact) mass is 332 g/mol. The first-order chi connectivity index (χ1) is 8.06. The van der Waals surface area contributed by atoms with Crippen molar-refractivity contribution in [1.82, 2.24) is 9.97 Å². The number of aromatic nitrogens is 2. The van der Waals surface area contributed by atoms with Gasteiger partial charge < -0.3 is 11.1 Å². The first-order valence-corrected chi connectivity index (χ1v) is 6.11. The molecule has 0 bridgehead atoms. The van der Waals surface area contributed by atoms with Crippen LogP contribution < -0.4 is 11.1 Å². The highest BCUT2D eigenvalue weighted by Gasteiger charge is 2.05. The van der Waals surface area contributed by atoms with E-state index in [1.165, 1.54) is 0 Å². The van der Waals surface area contributed by atoms with Crippen LogP contribution in [0.2, 0.25) is 10.0 Å². The van der Waals surface area contributed by atoms with Crippen molar-refractivity contribution in [3.05, 3.63) is 38.9 Å². The maximum atomic E-state index is 5.91. The maximum Gasteiger partial charge on any atom is 0.222 e. The third-order valence-electron chi connectivity index (χ3n) is 1.95. The summed E-state index contributed by atoms with van der Waals surface area (Å²) >= 11 is 15.1. The van der Waals surface area contributed by atoms with Gasteiger partial charge in [-0.25, -0.2) is 4.98 Å². The number of hydrogen-bond donors (Lipinski definition) is 2. The molecule has 1 aromatic heterocycles. The van der Waals surface area contributed by atoms with Crippen molar-refractivity contribution in [2.45, 2.75) is 0 Å². The van der Waals surface area contributed by atoms with Gasteiger partial charge in [-0.2, -0.15) is 4.98 Å². The van der Waals surface area contributed by atoms with Crippen molar-refractivity contribution in [2.24, 2.45) is 0 Å². The molecule has 0 fully saturated rings. The third kappa shape index (κ3) is 3.00. The number of nitrogens with zero attached hydrogens (tertiary/aromatic N) is 2. The van der Waals surface area contributed by atoms with Gasteiger partial charge in [-0.05, 0) is 34.1 Å². The Labute approximate surface area is 116 Å². The predicted octanol–water partition coefficient (Wildman–Crippen LogP) is 3.87. The molecule has 0 radical (unpaired) electrons. The topological polar surface area (TPSA) is 63.8 Å². The second kappa shape index (κ2) is 5.08. The smallest absolute Gasteiger partial charge is 0.222 e. The molecular weight excluding hydrogens is 327 g/mol. The van der Waals surface area contributed by atoms with E-state index in [4.69, 9.17) is 28.9 Å². The number of halogens is 3. The lowest BCUT2D eigenvalue weighted by Crippen LogP contribution is -2.00. The van der Waals surface area contributed by atoms with Crippen molar-refractivity contribution in [1.29, 1.82) is 0 Å². The van der Waals surface area contributed by atoms with Crippen molar-refractivity contribution >= 4 is 56.6 Å².